The van der Waals surface area contributed by atoms with Crippen LogP contribution in [0.25, 0.3) is 0 Å². The first-order valence-electron chi connectivity index (χ1n) is 13.6. The fraction of sp³-hybridized carbons (Fsp3) is 0.900. The highest BCUT2D eigenvalue weighted by Crippen LogP contribution is 2.48. The van der Waals surface area contributed by atoms with Crippen molar-refractivity contribution in [3.8, 4) is 0 Å². The average molecular weight is 537 g/mol. The van der Waals surface area contributed by atoms with Crippen LogP contribution in [0.15, 0.2) is 10.8 Å². The highest BCUT2D eigenvalue weighted by atomic mass is 28.4. The Morgan fingerprint density at radius 2 is 1.36 bits per heavy atom. The summed E-state index contributed by atoms with van der Waals surface area (Å²) in [6.07, 6.45) is 5.03. The fourth-order valence-electron chi connectivity index (χ4n) is 6.50. The smallest absolute Gasteiger partial charge is 0.201 e. The van der Waals surface area contributed by atoms with Crippen LogP contribution < -0.4 is 0 Å². The Labute approximate surface area is 238 Å². The fourth-order valence-corrected chi connectivity index (χ4v) is 26.1. The van der Waals surface area contributed by atoms with Crippen molar-refractivity contribution in [3.05, 3.63) is 10.8 Å². The molecule has 182 valence electrons. The quantitative estimate of drug-likeness (QED) is 0.316. The second-order valence-electron chi connectivity index (χ2n) is 13.3. The first kappa shape index (κ1) is 35.2. The van der Waals surface area contributed by atoms with Gasteiger partial charge in [-0.3, -0.25) is 0 Å². The minimum Gasteiger partial charge on any atom is -0.457 e. The van der Waals surface area contributed by atoms with E-state index in [1.165, 1.54) is 43.5 Å². The topological polar surface area (TPSA) is 18.5 Å². The zero-order chi connectivity index (χ0) is 28.3. The van der Waals surface area contributed by atoms with Crippen LogP contribution >= 0.6 is 0 Å². The summed E-state index contributed by atoms with van der Waals surface area (Å²) in [5.41, 5.74) is 1.98. The van der Waals surface area contributed by atoms with Crippen molar-refractivity contribution in [1.29, 1.82) is 0 Å². The molecule has 16 heteroatoms. The van der Waals surface area contributed by atoms with Crippen LogP contribution in [0.4, 0.5) is 0 Å². The highest BCUT2D eigenvalue weighted by molar-refractivity contribution is 7.65. The average Bonchev–Trinajstić information content (AvgIpc) is 3.25. The normalized spacial score (nSPS) is 17.3. The van der Waals surface area contributed by atoms with Gasteiger partial charge in [-0.1, -0.05) is 42.4 Å². The second-order valence-corrected chi connectivity index (χ2v) is 30.6. The zero-order valence-corrected chi connectivity index (χ0v) is 29.2. The van der Waals surface area contributed by atoms with E-state index >= 15 is 0 Å². The van der Waals surface area contributed by atoms with Gasteiger partial charge in [0, 0.05) is 65.2 Å². The minimum absolute atomic E-state index is 0.466. The van der Waals surface area contributed by atoms with Crippen LogP contribution in [0.3, 0.4) is 0 Å². The summed E-state index contributed by atoms with van der Waals surface area (Å²) in [6.45, 7) is 22.8. The molecule has 0 bridgehead atoms. The summed E-state index contributed by atoms with van der Waals surface area (Å²) in [4.78, 5) is 0. The summed E-state index contributed by atoms with van der Waals surface area (Å²) in [6, 6.07) is 0. The van der Waals surface area contributed by atoms with Gasteiger partial charge < -0.3 is 8.23 Å². The lowest BCUT2D eigenvalue weighted by Crippen LogP contribution is -2.74. The highest BCUT2D eigenvalue weighted by Gasteiger charge is 2.57. The molecule has 0 spiro atoms. The molecule has 1 unspecified atom stereocenters. The van der Waals surface area contributed by atoms with Gasteiger partial charge in [0.2, 0.25) is 8.32 Å². The Hall–Kier alpha value is 1.18. The van der Waals surface area contributed by atoms with Crippen molar-refractivity contribution in [2.24, 2.45) is 0 Å². The number of hydrogen-bond donors (Lipinski definition) is 0. The Morgan fingerprint density at radius 3 is 1.78 bits per heavy atom. The van der Waals surface area contributed by atoms with Crippen LogP contribution in [0.2, 0.25) is 68.6 Å². The van der Waals surface area contributed by atoms with Crippen LogP contribution in [0.5, 0.6) is 0 Å². The molecule has 0 heterocycles. The number of hydrogen-bond acceptors (Lipinski definition) is 2. The first-order chi connectivity index (χ1) is 16.2. The van der Waals surface area contributed by atoms with E-state index in [4.69, 9.17) is 46.9 Å². The molecule has 2 nitrogen and oxygen atoms in total. The van der Waals surface area contributed by atoms with E-state index in [0.717, 1.165) is 5.94 Å². The minimum atomic E-state index is -2.68. The Balaban J connectivity index is 3.29. The van der Waals surface area contributed by atoms with Crippen LogP contribution in [0.1, 0.15) is 46.5 Å². The molecule has 12 radical (unpaired) electrons. The van der Waals surface area contributed by atoms with E-state index in [1.54, 1.807) is 0 Å². The molecule has 0 aromatic carbocycles. The maximum absolute atomic E-state index is 7.19. The molecule has 0 saturated heterocycles. The van der Waals surface area contributed by atoms with E-state index in [1.807, 2.05) is 0 Å². The van der Waals surface area contributed by atoms with Crippen molar-refractivity contribution in [1.82, 2.24) is 0 Å². The van der Waals surface area contributed by atoms with Gasteiger partial charge in [0.15, 0.2) is 25.0 Å². The molecule has 1 atom stereocenters. The standard InChI is InChI=1S/C20H44B10O2Si4/c1-17(2)18(3)34(6,7)31-33(4,5)16-26-29(24)20(28(22)23,30(25)27-21)36(10,11)32-35(8,9)19-14-12-13-15-19/h19H,12-16H2,1-11H3. The molecule has 0 N–H and O–H groups in total. The summed E-state index contributed by atoms with van der Waals surface area (Å²) in [5, 5.41) is 1.39. The lowest BCUT2D eigenvalue weighted by Gasteiger charge is -2.59. The summed E-state index contributed by atoms with van der Waals surface area (Å²) >= 11 is 0. The molecule has 0 aliphatic heterocycles. The van der Waals surface area contributed by atoms with Gasteiger partial charge in [-0.25, -0.2) is 0 Å². The van der Waals surface area contributed by atoms with Crippen LogP contribution in [-0.4, -0.2) is 106 Å². The first-order valence-corrected chi connectivity index (χ1v) is 25.6. The van der Waals surface area contributed by atoms with E-state index in [0.29, 0.717) is 5.54 Å². The van der Waals surface area contributed by atoms with Crippen molar-refractivity contribution in [2.45, 2.75) is 115 Å². The molecular weight excluding hydrogens is 493 g/mol. The van der Waals surface area contributed by atoms with Gasteiger partial charge in [0.25, 0.3) is 0 Å². The third-order valence-corrected chi connectivity index (χ3v) is 26.4. The molecule has 1 aliphatic rings. The number of allylic oxidation sites excluding steroid dienone is 2. The maximum Gasteiger partial charge on any atom is 0.201 e. The summed E-state index contributed by atoms with van der Waals surface area (Å²) in [7, 11) is 27.9. The Bertz CT molecular complexity index is 759. The third kappa shape index (κ3) is 8.11. The predicted octanol–water partition coefficient (Wildman–Crippen LogP) is 3.63. The number of rotatable bonds is 14. The van der Waals surface area contributed by atoms with E-state index < -0.39 is 57.5 Å². The van der Waals surface area contributed by atoms with Gasteiger partial charge in [0.05, 0.1) is 7.17 Å². The van der Waals surface area contributed by atoms with Gasteiger partial charge in [-0.2, -0.15) is 0 Å². The molecule has 1 rings (SSSR count). The molecule has 1 aliphatic carbocycles. The SMILES string of the molecule is [B][B]B([B])C(B([B])[B])(B([B])[B]C[Si](C)(C)O[Si](C)(C)C(C)=C(C)C)[Si](C)(C)O[Si](C)(C)C1CCCC1. The molecule has 1 fully saturated rings. The lowest BCUT2D eigenvalue weighted by atomic mass is 8.79. The lowest BCUT2D eigenvalue weighted by molar-refractivity contribution is 0.512. The van der Waals surface area contributed by atoms with E-state index in [-0.39, 0.29) is 0 Å². The second kappa shape index (κ2) is 13.2. The molecule has 1 saturated carbocycles. The summed E-state index contributed by atoms with van der Waals surface area (Å²) in [5.74, 6) is 0.778. The maximum atomic E-state index is 7.19. The van der Waals surface area contributed by atoms with E-state index in [2.05, 4.69) is 80.3 Å². The van der Waals surface area contributed by atoms with E-state index in [9.17, 15) is 0 Å². The van der Waals surface area contributed by atoms with Gasteiger partial charge in [0.1, 0.15) is 0 Å². The van der Waals surface area contributed by atoms with Gasteiger partial charge >= 0.3 is 0 Å². The van der Waals surface area contributed by atoms with Crippen molar-refractivity contribution in [2.75, 3.05) is 0 Å². The molecular formula is C20H44B10O2Si4. The van der Waals surface area contributed by atoms with Crippen molar-refractivity contribution in [3.63, 3.8) is 0 Å². The van der Waals surface area contributed by atoms with Gasteiger partial charge in [-0.15, -0.1) is 4.74 Å². The van der Waals surface area contributed by atoms with Crippen LogP contribution in [-0.2, 0) is 8.23 Å². The summed E-state index contributed by atoms with van der Waals surface area (Å²) < 4.78 is 13.2. The molecule has 0 aromatic rings. The van der Waals surface area contributed by atoms with Gasteiger partial charge in [-0.05, 0) is 78.7 Å². The Morgan fingerprint density at radius 1 is 0.861 bits per heavy atom. The van der Waals surface area contributed by atoms with Crippen molar-refractivity contribution >= 4 is 106 Å². The largest absolute Gasteiger partial charge is 0.457 e. The third-order valence-electron chi connectivity index (χ3n) is 8.81. The monoisotopic (exact) mass is 538 g/mol. The van der Waals surface area contributed by atoms with Crippen LogP contribution in [0, 0.1) is 0 Å². The molecule has 0 amide bonds. The molecule has 36 heavy (non-hydrogen) atoms. The Kier molecular flexibility index (Phi) is 12.9. The zero-order valence-electron chi connectivity index (χ0n) is 25.2. The van der Waals surface area contributed by atoms with Crippen molar-refractivity contribution < 1.29 is 8.23 Å². The predicted molar refractivity (Wildman–Crippen MR) is 183 cm³/mol. The molecule has 0 aromatic heterocycles.